The predicted molar refractivity (Wildman–Crippen MR) is 91.2 cm³/mol. The highest BCUT2D eigenvalue weighted by molar-refractivity contribution is 14.1. The number of alkyl halides is 1. The first-order valence-electron chi connectivity index (χ1n) is 7.00. The highest BCUT2D eigenvalue weighted by atomic mass is 127. The molecule has 0 amide bonds. The molecular weight excluding hydrogens is 361 g/mol. The average Bonchev–Trinajstić information content (AvgIpc) is 2.49. The molecule has 2 aromatic rings. The molecule has 2 nitrogen and oxygen atoms in total. The van der Waals surface area contributed by atoms with Gasteiger partial charge in [0, 0.05) is 17.2 Å². The summed E-state index contributed by atoms with van der Waals surface area (Å²) in [4.78, 5) is 4.35. The third-order valence-electron chi connectivity index (χ3n) is 3.11. The van der Waals surface area contributed by atoms with Crippen LogP contribution in [0.1, 0.15) is 23.2 Å². The van der Waals surface area contributed by atoms with Crippen LogP contribution in [0, 0.1) is 0 Å². The molecule has 0 bridgehead atoms. The molecule has 1 aromatic carbocycles. The summed E-state index contributed by atoms with van der Waals surface area (Å²) < 4.78 is 6.85. The highest BCUT2D eigenvalue weighted by Crippen LogP contribution is 2.07. The van der Waals surface area contributed by atoms with Crippen molar-refractivity contribution in [3.63, 3.8) is 0 Å². The number of halogens is 1. The van der Waals surface area contributed by atoms with Crippen LogP contribution in [0.5, 0.6) is 0 Å². The summed E-state index contributed by atoms with van der Waals surface area (Å²) in [5.41, 5.74) is 3.75. The molecule has 1 heterocycles. The van der Waals surface area contributed by atoms with Crippen LogP contribution in [0.25, 0.3) is 0 Å². The SMILES string of the molecule is ICCc1ccnc(COCCCc2ccccc2)c1. The number of aryl methyl sites for hydroxylation is 2. The Labute approximate surface area is 134 Å². The van der Waals surface area contributed by atoms with Gasteiger partial charge in [-0.15, -0.1) is 0 Å². The van der Waals surface area contributed by atoms with Crippen LogP contribution in [0.15, 0.2) is 48.7 Å². The van der Waals surface area contributed by atoms with Crippen molar-refractivity contribution in [2.24, 2.45) is 0 Å². The van der Waals surface area contributed by atoms with Crippen molar-refractivity contribution in [2.45, 2.75) is 25.9 Å². The number of nitrogens with zero attached hydrogens (tertiary/aromatic N) is 1. The summed E-state index contributed by atoms with van der Waals surface area (Å²) in [5, 5.41) is 0. The van der Waals surface area contributed by atoms with Crippen LogP contribution in [0.3, 0.4) is 0 Å². The van der Waals surface area contributed by atoms with E-state index in [4.69, 9.17) is 4.74 Å². The summed E-state index contributed by atoms with van der Waals surface area (Å²) in [6.45, 7) is 1.40. The van der Waals surface area contributed by atoms with Gasteiger partial charge in [0.15, 0.2) is 0 Å². The van der Waals surface area contributed by atoms with Crippen LogP contribution in [-0.2, 0) is 24.2 Å². The largest absolute Gasteiger partial charge is 0.375 e. The Bertz CT molecular complexity index is 501. The van der Waals surface area contributed by atoms with Gasteiger partial charge >= 0.3 is 0 Å². The molecule has 0 atom stereocenters. The van der Waals surface area contributed by atoms with Crippen LogP contribution < -0.4 is 0 Å². The van der Waals surface area contributed by atoms with Gasteiger partial charge in [-0.1, -0.05) is 52.9 Å². The maximum absolute atomic E-state index is 5.71. The van der Waals surface area contributed by atoms with Crippen molar-refractivity contribution >= 4 is 22.6 Å². The standard InChI is InChI=1S/C17H20INO/c18-10-8-16-9-11-19-17(13-16)14-20-12-4-7-15-5-2-1-3-6-15/h1-3,5-6,9,11,13H,4,7-8,10,12,14H2. The molecule has 2 rings (SSSR count). The Morgan fingerprint density at radius 1 is 1.00 bits per heavy atom. The fourth-order valence-electron chi connectivity index (χ4n) is 2.07. The molecule has 0 fully saturated rings. The molecule has 3 heteroatoms. The summed E-state index contributed by atoms with van der Waals surface area (Å²) in [6.07, 6.45) is 5.11. The number of ether oxygens (including phenoxy) is 1. The lowest BCUT2D eigenvalue weighted by molar-refractivity contribution is 0.116. The summed E-state index contributed by atoms with van der Waals surface area (Å²) in [5.74, 6) is 0. The van der Waals surface area contributed by atoms with E-state index < -0.39 is 0 Å². The second-order valence-electron chi connectivity index (χ2n) is 4.74. The van der Waals surface area contributed by atoms with Gasteiger partial charge in [0.25, 0.3) is 0 Å². The topological polar surface area (TPSA) is 22.1 Å². The Balaban J connectivity index is 1.67. The number of hydrogen-bond acceptors (Lipinski definition) is 2. The first-order valence-corrected chi connectivity index (χ1v) is 8.52. The van der Waals surface area contributed by atoms with E-state index >= 15 is 0 Å². The van der Waals surface area contributed by atoms with E-state index in [0.717, 1.165) is 36.0 Å². The second kappa shape index (κ2) is 9.08. The summed E-state index contributed by atoms with van der Waals surface area (Å²) in [7, 11) is 0. The lowest BCUT2D eigenvalue weighted by Crippen LogP contribution is -2.00. The first kappa shape index (κ1) is 15.4. The fourth-order valence-corrected chi connectivity index (χ4v) is 2.69. The average molecular weight is 381 g/mol. The number of pyridine rings is 1. The van der Waals surface area contributed by atoms with Gasteiger partial charge in [0.05, 0.1) is 12.3 Å². The highest BCUT2D eigenvalue weighted by Gasteiger charge is 1.98. The van der Waals surface area contributed by atoms with Crippen molar-refractivity contribution in [1.29, 1.82) is 0 Å². The van der Waals surface area contributed by atoms with Crippen molar-refractivity contribution < 1.29 is 4.74 Å². The van der Waals surface area contributed by atoms with Crippen molar-refractivity contribution in [1.82, 2.24) is 4.98 Å². The van der Waals surface area contributed by atoms with E-state index in [0.29, 0.717) is 6.61 Å². The van der Waals surface area contributed by atoms with E-state index in [-0.39, 0.29) is 0 Å². The predicted octanol–water partition coefficient (Wildman–Crippen LogP) is 4.21. The molecule has 0 unspecified atom stereocenters. The zero-order valence-corrected chi connectivity index (χ0v) is 13.8. The molecule has 0 N–H and O–H groups in total. The van der Waals surface area contributed by atoms with Crippen LogP contribution in [-0.4, -0.2) is 16.0 Å². The smallest absolute Gasteiger partial charge is 0.0887 e. The molecule has 0 aliphatic carbocycles. The number of hydrogen-bond donors (Lipinski definition) is 0. The van der Waals surface area contributed by atoms with Gasteiger partial charge in [-0.05, 0) is 42.5 Å². The van der Waals surface area contributed by atoms with E-state index in [1.54, 1.807) is 0 Å². The van der Waals surface area contributed by atoms with E-state index in [1.165, 1.54) is 11.1 Å². The Hall–Kier alpha value is -0.940. The van der Waals surface area contributed by atoms with Crippen LogP contribution >= 0.6 is 22.6 Å². The van der Waals surface area contributed by atoms with Crippen LogP contribution in [0.4, 0.5) is 0 Å². The molecular formula is C17H20INO. The maximum atomic E-state index is 5.71. The van der Waals surface area contributed by atoms with Gasteiger partial charge in [0.2, 0.25) is 0 Å². The Morgan fingerprint density at radius 3 is 2.65 bits per heavy atom. The van der Waals surface area contributed by atoms with Gasteiger partial charge in [-0.2, -0.15) is 0 Å². The monoisotopic (exact) mass is 381 g/mol. The summed E-state index contributed by atoms with van der Waals surface area (Å²) >= 11 is 2.40. The molecule has 0 radical (unpaired) electrons. The van der Waals surface area contributed by atoms with Crippen molar-refractivity contribution in [3.8, 4) is 0 Å². The minimum absolute atomic E-state index is 0.615. The Morgan fingerprint density at radius 2 is 1.85 bits per heavy atom. The minimum Gasteiger partial charge on any atom is -0.375 e. The normalized spacial score (nSPS) is 10.7. The van der Waals surface area contributed by atoms with E-state index in [9.17, 15) is 0 Å². The molecule has 0 aliphatic rings. The lowest BCUT2D eigenvalue weighted by atomic mass is 10.1. The maximum Gasteiger partial charge on any atom is 0.0887 e. The van der Waals surface area contributed by atoms with Gasteiger partial charge in [-0.3, -0.25) is 4.98 Å². The lowest BCUT2D eigenvalue weighted by Gasteiger charge is -2.05. The van der Waals surface area contributed by atoms with Crippen molar-refractivity contribution in [2.75, 3.05) is 11.0 Å². The molecule has 0 saturated heterocycles. The third kappa shape index (κ3) is 5.59. The third-order valence-corrected chi connectivity index (χ3v) is 3.65. The number of benzene rings is 1. The van der Waals surface area contributed by atoms with Gasteiger partial charge in [0.1, 0.15) is 0 Å². The molecule has 0 spiro atoms. The number of aromatic nitrogens is 1. The molecule has 106 valence electrons. The quantitative estimate of drug-likeness (QED) is 0.388. The van der Waals surface area contributed by atoms with Crippen LogP contribution in [0.2, 0.25) is 0 Å². The zero-order chi connectivity index (χ0) is 14.0. The molecule has 20 heavy (non-hydrogen) atoms. The molecule has 0 saturated carbocycles. The minimum atomic E-state index is 0.615. The molecule has 0 aliphatic heterocycles. The van der Waals surface area contributed by atoms with Gasteiger partial charge in [-0.25, -0.2) is 0 Å². The first-order chi connectivity index (χ1) is 9.88. The fraction of sp³-hybridized carbons (Fsp3) is 0.353. The Kier molecular flexibility index (Phi) is 7.01. The summed E-state index contributed by atoms with van der Waals surface area (Å²) in [6, 6.07) is 14.8. The second-order valence-corrected chi connectivity index (χ2v) is 5.81. The molecule has 1 aromatic heterocycles. The van der Waals surface area contributed by atoms with Crippen molar-refractivity contribution in [3.05, 3.63) is 65.5 Å². The zero-order valence-electron chi connectivity index (χ0n) is 11.6. The van der Waals surface area contributed by atoms with Gasteiger partial charge < -0.3 is 4.74 Å². The van der Waals surface area contributed by atoms with E-state index in [1.807, 2.05) is 6.20 Å². The van der Waals surface area contributed by atoms with E-state index in [2.05, 4.69) is 70.0 Å². The number of rotatable bonds is 8.